The molecule has 2 N–H and O–H groups in total. The lowest BCUT2D eigenvalue weighted by Crippen LogP contribution is -2.37. The quantitative estimate of drug-likeness (QED) is 0.835. The van der Waals surface area contributed by atoms with Crippen molar-refractivity contribution in [3.8, 4) is 0 Å². The zero-order valence-corrected chi connectivity index (χ0v) is 15.4. The summed E-state index contributed by atoms with van der Waals surface area (Å²) in [6.45, 7) is 3.85. The minimum atomic E-state index is -0.371. The molecule has 132 valence electrons. The molecular weight excluding hydrogens is 338 g/mol. The van der Waals surface area contributed by atoms with E-state index in [4.69, 9.17) is 11.6 Å². The molecule has 0 radical (unpaired) electrons. The topological polar surface area (TPSA) is 61.4 Å². The van der Waals surface area contributed by atoms with Crippen LogP contribution < -0.4 is 10.6 Å². The number of likely N-dealkylation sites (N-methyl/N-ethyl adjacent to an activating group) is 1. The highest BCUT2D eigenvalue weighted by atomic mass is 35.5. The minimum Gasteiger partial charge on any atom is -0.324 e. The fourth-order valence-electron chi connectivity index (χ4n) is 2.37. The molecule has 0 unspecified atom stereocenters. The van der Waals surface area contributed by atoms with Crippen molar-refractivity contribution in [1.29, 1.82) is 0 Å². The van der Waals surface area contributed by atoms with E-state index in [0.29, 0.717) is 10.7 Å². The summed E-state index contributed by atoms with van der Waals surface area (Å²) in [6.07, 6.45) is 0.820. The van der Waals surface area contributed by atoms with Gasteiger partial charge in [0, 0.05) is 23.4 Å². The molecule has 5 nitrogen and oxygen atoms in total. The second-order valence-corrected chi connectivity index (χ2v) is 6.24. The first-order valence-corrected chi connectivity index (χ1v) is 8.44. The van der Waals surface area contributed by atoms with Crippen molar-refractivity contribution in [2.45, 2.75) is 20.3 Å². The average molecular weight is 360 g/mol. The van der Waals surface area contributed by atoms with Gasteiger partial charge in [-0.25, -0.2) is 4.79 Å². The highest BCUT2D eigenvalue weighted by Gasteiger charge is 2.15. The van der Waals surface area contributed by atoms with Gasteiger partial charge in [-0.2, -0.15) is 0 Å². The number of para-hydroxylation sites is 1. The largest absolute Gasteiger partial charge is 0.324 e. The van der Waals surface area contributed by atoms with E-state index in [1.165, 1.54) is 4.90 Å². The van der Waals surface area contributed by atoms with Crippen molar-refractivity contribution in [2.75, 3.05) is 24.2 Å². The number of hydrogen-bond donors (Lipinski definition) is 2. The molecule has 2 aromatic carbocycles. The maximum atomic E-state index is 12.3. The molecule has 0 saturated carbocycles. The van der Waals surface area contributed by atoms with E-state index in [1.807, 2.05) is 44.2 Å². The first-order chi connectivity index (χ1) is 11.9. The van der Waals surface area contributed by atoms with Gasteiger partial charge in [-0.1, -0.05) is 42.8 Å². The summed E-state index contributed by atoms with van der Waals surface area (Å²) in [6, 6.07) is 12.5. The van der Waals surface area contributed by atoms with Crippen LogP contribution in [0.2, 0.25) is 5.02 Å². The predicted octanol–water partition coefficient (Wildman–Crippen LogP) is 4.31. The lowest BCUT2D eigenvalue weighted by molar-refractivity contribution is -0.116. The van der Waals surface area contributed by atoms with Crippen molar-refractivity contribution in [1.82, 2.24) is 4.90 Å². The SMILES string of the molecule is CCc1ccccc1NC(=O)CN(C)C(=O)Nc1cc(Cl)ccc1C. The minimum absolute atomic E-state index is 0.0521. The summed E-state index contributed by atoms with van der Waals surface area (Å²) in [5, 5.41) is 6.15. The number of carbonyl (C=O) groups excluding carboxylic acids is 2. The molecule has 2 aromatic rings. The van der Waals surface area contributed by atoms with Gasteiger partial charge in [0.2, 0.25) is 5.91 Å². The molecule has 2 rings (SSSR count). The van der Waals surface area contributed by atoms with Gasteiger partial charge < -0.3 is 15.5 Å². The van der Waals surface area contributed by atoms with Gasteiger partial charge in [0.25, 0.3) is 0 Å². The number of hydrogen-bond acceptors (Lipinski definition) is 2. The van der Waals surface area contributed by atoms with Crippen molar-refractivity contribution in [3.05, 3.63) is 58.6 Å². The lowest BCUT2D eigenvalue weighted by Gasteiger charge is -2.19. The van der Waals surface area contributed by atoms with Crippen LogP contribution in [0.4, 0.5) is 16.2 Å². The van der Waals surface area contributed by atoms with Crippen LogP contribution >= 0.6 is 11.6 Å². The molecule has 0 aliphatic heterocycles. The molecular formula is C19H22ClN3O2. The first-order valence-electron chi connectivity index (χ1n) is 8.06. The Balaban J connectivity index is 1.96. The molecule has 0 heterocycles. The zero-order valence-electron chi connectivity index (χ0n) is 14.6. The number of urea groups is 1. The molecule has 0 atom stereocenters. The Morgan fingerprint density at radius 2 is 1.80 bits per heavy atom. The van der Waals surface area contributed by atoms with Gasteiger partial charge in [-0.15, -0.1) is 0 Å². The smallest absolute Gasteiger partial charge is 0.322 e. The molecule has 0 aliphatic rings. The van der Waals surface area contributed by atoms with E-state index in [1.54, 1.807) is 19.2 Å². The Labute approximate surface area is 153 Å². The number of rotatable bonds is 5. The number of nitrogens with zero attached hydrogens (tertiary/aromatic N) is 1. The highest BCUT2D eigenvalue weighted by molar-refractivity contribution is 6.31. The zero-order chi connectivity index (χ0) is 18.4. The number of nitrogens with one attached hydrogen (secondary N) is 2. The average Bonchev–Trinajstić information content (AvgIpc) is 2.58. The van der Waals surface area contributed by atoms with Gasteiger partial charge in [-0.05, 0) is 42.7 Å². The molecule has 0 fully saturated rings. The van der Waals surface area contributed by atoms with Crippen molar-refractivity contribution in [2.24, 2.45) is 0 Å². The summed E-state index contributed by atoms with van der Waals surface area (Å²) in [7, 11) is 1.57. The van der Waals surface area contributed by atoms with E-state index >= 15 is 0 Å². The lowest BCUT2D eigenvalue weighted by atomic mass is 10.1. The monoisotopic (exact) mass is 359 g/mol. The van der Waals surface area contributed by atoms with Crippen molar-refractivity contribution < 1.29 is 9.59 Å². The first kappa shape index (κ1) is 18.8. The Morgan fingerprint density at radius 1 is 1.08 bits per heavy atom. The van der Waals surface area contributed by atoms with Crippen LogP contribution in [0.5, 0.6) is 0 Å². The van der Waals surface area contributed by atoms with Crippen molar-refractivity contribution >= 4 is 34.9 Å². The molecule has 3 amide bonds. The number of benzene rings is 2. The molecule has 0 saturated heterocycles. The molecule has 0 spiro atoms. The Hall–Kier alpha value is -2.53. The van der Waals surface area contributed by atoms with Crippen LogP contribution in [0, 0.1) is 6.92 Å². The Kier molecular flexibility index (Phi) is 6.42. The normalized spacial score (nSPS) is 10.2. The van der Waals surface area contributed by atoms with Crippen LogP contribution in [0.15, 0.2) is 42.5 Å². The van der Waals surface area contributed by atoms with E-state index in [2.05, 4.69) is 10.6 Å². The number of carbonyl (C=O) groups is 2. The number of amides is 3. The molecule has 0 bridgehead atoms. The van der Waals surface area contributed by atoms with E-state index in [-0.39, 0.29) is 18.5 Å². The number of anilines is 2. The van der Waals surface area contributed by atoms with Crippen LogP contribution in [0.1, 0.15) is 18.1 Å². The highest BCUT2D eigenvalue weighted by Crippen LogP contribution is 2.20. The van der Waals surface area contributed by atoms with Gasteiger partial charge in [0.15, 0.2) is 0 Å². The van der Waals surface area contributed by atoms with Crippen LogP contribution in [-0.4, -0.2) is 30.4 Å². The molecule has 0 aromatic heterocycles. The third kappa shape index (κ3) is 5.22. The summed E-state index contributed by atoms with van der Waals surface area (Å²) in [5.41, 5.74) is 3.35. The summed E-state index contributed by atoms with van der Waals surface area (Å²) in [5.74, 6) is -0.249. The van der Waals surface area contributed by atoms with Gasteiger partial charge in [-0.3, -0.25) is 4.79 Å². The maximum absolute atomic E-state index is 12.3. The van der Waals surface area contributed by atoms with Crippen LogP contribution in [0.25, 0.3) is 0 Å². The van der Waals surface area contributed by atoms with E-state index in [9.17, 15) is 9.59 Å². The predicted molar refractivity (Wildman–Crippen MR) is 102 cm³/mol. The Morgan fingerprint density at radius 3 is 2.52 bits per heavy atom. The van der Waals surface area contributed by atoms with Gasteiger partial charge in [0.05, 0.1) is 0 Å². The van der Waals surface area contributed by atoms with Gasteiger partial charge >= 0.3 is 6.03 Å². The fraction of sp³-hybridized carbons (Fsp3) is 0.263. The summed E-state index contributed by atoms with van der Waals surface area (Å²) < 4.78 is 0. The third-order valence-corrected chi connectivity index (χ3v) is 4.08. The second-order valence-electron chi connectivity index (χ2n) is 5.80. The van der Waals surface area contributed by atoms with Gasteiger partial charge in [0.1, 0.15) is 6.54 Å². The molecule has 6 heteroatoms. The summed E-state index contributed by atoms with van der Waals surface area (Å²) in [4.78, 5) is 25.8. The van der Waals surface area contributed by atoms with Crippen LogP contribution in [0.3, 0.4) is 0 Å². The molecule has 25 heavy (non-hydrogen) atoms. The van der Waals surface area contributed by atoms with Crippen LogP contribution in [-0.2, 0) is 11.2 Å². The Bertz CT molecular complexity index is 777. The maximum Gasteiger partial charge on any atom is 0.322 e. The number of halogens is 1. The molecule has 0 aliphatic carbocycles. The third-order valence-electron chi connectivity index (χ3n) is 3.84. The standard InChI is InChI=1S/C19H22ClN3O2/c1-4-14-7-5-6-8-16(14)21-18(24)12-23(3)19(25)22-17-11-15(20)10-9-13(17)2/h5-11H,4,12H2,1-3H3,(H,21,24)(H,22,25). The van der Waals surface area contributed by atoms with Crippen molar-refractivity contribution in [3.63, 3.8) is 0 Å². The fourth-order valence-corrected chi connectivity index (χ4v) is 2.54. The number of aryl methyl sites for hydroxylation is 2. The van der Waals surface area contributed by atoms with E-state index < -0.39 is 0 Å². The summed E-state index contributed by atoms with van der Waals surface area (Å²) >= 11 is 5.95. The van der Waals surface area contributed by atoms with E-state index in [0.717, 1.165) is 23.2 Å². The second kappa shape index (κ2) is 8.53.